The second-order valence-electron chi connectivity index (χ2n) is 4.65. The third kappa shape index (κ3) is 3.48. The molecule has 23 heavy (non-hydrogen) atoms. The number of benzene rings is 2. The number of methoxy groups -OCH3 is 2. The van der Waals surface area contributed by atoms with E-state index in [4.69, 9.17) is 14.0 Å². The van der Waals surface area contributed by atoms with Crippen LogP contribution in [0.3, 0.4) is 0 Å². The van der Waals surface area contributed by atoms with Gasteiger partial charge in [0.15, 0.2) is 0 Å². The highest BCUT2D eigenvalue weighted by Gasteiger charge is 2.13. The van der Waals surface area contributed by atoms with E-state index in [1.54, 1.807) is 26.0 Å². The Morgan fingerprint density at radius 3 is 2.43 bits per heavy atom. The van der Waals surface area contributed by atoms with Crippen molar-refractivity contribution in [3.05, 3.63) is 54.4 Å². The van der Waals surface area contributed by atoms with Crippen molar-refractivity contribution < 1.29 is 14.0 Å². The summed E-state index contributed by atoms with van der Waals surface area (Å²) >= 11 is 1.59. The van der Waals surface area contributed by atoms with Crippen molar-refractivity contribution in [1.29, 1.82) is 0 Å². The van der Waals surface area contributed by atoms with E-state index in [1.165, 1.54) is 0 Å². The van der Waals surface area contributed by atoms with Gasteiger partial charge >= 0.3 is 0 Å². The number of thioether (sulfide) groups is 1. The maximum atomic E-state index is 5.34. The third-order valence-electron chi connectivity index (χ3n) is 3.24. The Balaban J connectivity index is 1.75. The Labute approximate surface area is 138 Å². The fraction of sp³-hybridized carbons (Fsp3) is 0.176. The molecule has 0 radical (unpaired) electrons. The Kier molecular flexibility index (Phi) is 4.83. The molecule has 5 nitrogen and oxygen atoms in total. The molecule has 0 aliphatic carbocycles. The molecule has 0 aliphatic rings. The van der Waals surface area contributed by atoms with E-state index in [0.717, 1.165) is 22.0 Å². The van der Waals surface area contributed by atoms with Crippen molar-refractivity contribution in [3.63, 3.8) is 0 Å². The summed E-state index contributed by atoms with van der Waals surface area (Å²) in [6, 6.07) is 15.4. The average molecular weight is 328 g/mol. The van der Waals surface area contributed by atoms with Crippen LogP contribution in [0.15, 0.2) is 57.9 Å². The molecule has 0 aliphatic heterocycles. The standard InChI is InChI=1S/C17H16N2O3S/c1-20-13-8-4-3-7-12(13)17-18-16(22-19-17)11-23-15-10-6-5-9-14(15)21-2/h3-10H,11H2,1-2H3. The first-order valence-corrected chi connectivity index (χ1v) is 8.02. The lowest BCUT2D eigenvalue weighted by Crippen LogP contribution is -1.89. The monoisotopic (exact) mass is 328 g/mol. The second-order valence-corrected chi connectivity index (χ2v) is 5.67. The first kappa shape index (κ1) is 15.4. The predicted molar refractivity (Wildman–Crippen MR) is 88.8 cm³/mol. The van der Waals surface area contributed by atoms with Gasteiger partial charge in [-0.2, -0.15) is 4.98 Å². The van der Waals surface area contributed by atoms with Crippen molar-refractivity contribution in [2.75, 3.05) is 14.2 Å². The minimum Gasteiger partial charge on any atom is -0.496 e. The molecule has 2 aromatic carbocycles. The zero-order valence-corrected chi connectivity index (χ0v) is 13.7. The molecule has 0 amide bonds. The van der Waals surface area contributed by atoms with Gasteiger partial charge in [0, 0.05) is 4.90 Å². The maximum absolute atomic E-state index is 5.34. The van der Waals surface area contributed by atoms with Gasteiger partial charge in [-0.3, -0.25) is 0 Å². The van der Waals surface area contributed by atoms with Crippen molar-refractivity contribution >= 4 is 11.8 Å². The average Bonchev–Trinajstić information content (AvgIpc) is 3.09. The molecular formula is C17H16N2O3S. The summed E-state index contributed by atoms with van der Waals surface area (Å²) in [5.41, 5.74) is 0.812. The Morgan fingerprint density at radius 2 is 1.65 bits per heavy atom. The zero-order chi connectivity index (χ0) is 16.1. The largest absolute Gasteiger partial charge is 0.496 e. The van der Waals surface area contributed by atoms with Crippen LogP contribution >= 0.6 is 11.8 Å². The molecule has 0 N–H and O–H groups in total. The summed E-state index contributed by atoms with van der Waals surface area (Å²) in [5, 5.41) is 4.04. The van der Waals surface area contributed by atoms with Gasteiger partial charge in [0.1, 0.15) is 11.5 Å². The lowest BCUT2D eigenvalue weighted by molar-refractivity contribution is 0.390. The molecule has 0 saturated carbocycles. The van der Waals surface area contributed by atoms with E-state index in [-0.39, 0.29) is 0 Å². The van der Waals surface area contributed by atoms with Gasteiger partial charge in [0.2, 0.25) is 11.7 Å². The van der Waals surface area contributed by atoms with Gasteiger partial charge in [0.25, 0.3) is 0 Å². The number of aromatic nitrogens is 2. The van der Waals surface area contributed by atoms with Crippen molar-refractivity contribution in [3.8, 4) is 22.9 Å². The topological polar surface area (TPSA) is 57.4 Å². The molecule has 118 valence electrons. The fourth-order valence-corrected chi connectivity index (χ4v) is 2.99. The number of hydrogen-bond donors (Lipinski definition) is 0. The van der Waals surface area contributed by atoms with Crippen LogP contribution in [0.25, 0.3) is 11.4 Å². The van der Waals surface area contributed by atoms with Gasteiger partial charge in [0.05, 0.1) is 25.5 Å². The first-order chi connectivity index (χ1) is 11.3. The zero-order valence-electron chi connectivity index (χ0n) is 12.9. The molecular weight excluding hydrogens is 312 g/mol. The molecule has 0 unspecified atom stereocenters. The number of ether oxygens (including phenoxy) is 2. The van der Waals surface area contributed by atoms with E-state index in [9.17, 15) is 0 Å². The van der Waals surface area contributed by atoms with E-state index in [1.807, 2.05) is 48.5 Å². The highest BCUT2D eigenvalue weighted by molar-refractivity contribution is 7.98. The minimum absolute atomic E-state index is 0.526. The summed E-state index contributed by atoms with van der Waals surface area (Å²) < 4.78 is 16.0. The molecule has 0 saturated heterocycles. The van der Waals surface area contributed by atoms with Crippen LogP contribution in [-0.4, -0.2) is 24.4 Å². The van der Waals surface area contributed by atoms with Gasteiger partial charge in [-0.05, 0) is 24.3 Å². The lowest BCUT2D eigenvalue weighted by atomic mass is 10.2. The van der Waals surface area contributed by atoms with Crippen LogP contribution in [0.2, 0.25) is 0 Å². The summed E-state index contributed by atoms with van der Waals surface area (Å²) in [7, 11) is 3.28. The van der Waals surface area contributed by atoms with Crippen LogP contribution in [0.5, 0.6) is 11.5 Å². The molecule has 0 fully saturated rings. The normalized spacial score (nSPS) is 10.5. The van der Waals surface area contributed by atoms with Crippen LogP contribution < -0.4 is 9.47 Å². The quantitative estimate of drug-likeness (QED) is 0.636. The molecule has 1 heterocycles. The Bertz CT molecular complexity index is 789. The molecule has 3 rings (SSSR count). The number of nitrogens with zero attached hydrogens (tertiary/aromatic N) is 2. The number of hydrogen-bond acceptors (Lipinski definition) is 6. The van der Waals surface area contributed by atoms with Crippen molar-refractivity contribution in [1.82, 2.24) is 10.1 Å². The number of rotatable bonds is 6. The summed E-state index contributed by atoms with van der Waals surface area (Å²) in [6.07, 6.45) is 0. The van der Waals surface area contributed by atoms with Crippen molar-refractivity contribution in [2.24, 2.45) is 0 Å². The van der Waals surface area contributed by atoms with Crippen LogP contribution in [0.1, 0.15) is 5.89 Å². The van der Waals surface area contributed by atoms with Gasteiger partial charge in [-0.25, -0.2) is 0 Å². The highest BCUT2D eigenvalue weighted by Crippen LogP contribution is 2.32. The van der Waals surface area contributed by atoms with Crippen LogP contribution in [0.4, 0.5) is 0 Å². The van der Waals surface area contributed by atoms with E-state index < -0.39 is 0 Å². The molecule has 0 atom stereocenters. The molecule has 0 spiro atoms. The summed E-state index contributed by atoms with van der Waals surface area (Å²) in [6.45, 7) is 0. The maximum Gasteiger partial charge on any atom is 0.237 e. The fourth-order valence-electron chi connectivity index (χ4n) is 2.13. The molecule has 0 bridgehead atoms. The van der Waals surface area contributed by atoms with Gasteiger partial charge in [-0.1, -0.05) is 29.4 Å². The Hall–Kier alpha value is -2.47. The van der Waals surface area contributed by atoms with Crippen LogP contribution in [-0.2, 0) is 5.75 Å². The second kappa shape index (κ2) is 7.19. The third-order valence-corrected chi connectivity index (χ3v) is 4.28. The van der Waals surface area contributed by atoms with Crippen molar-refractivity contribution in [2.45, 2.75) is 10.6 Å². The van der Waals surface area contributed by atoms with E-state index >= 15 is 0 Å². The lowest BCUT2D eigenvalue weighted by Gasteiger charge is -2.05. The van der Waals surface area contributed by atoms with E-state index in [2.05, 4.69) is 10.1 Å². The number of para-hydroxylation sites is 2. The highest BCUT2D eigenvalue weighted by atomic mass is 32.2. The molecule has 6 heteroatoms. The first-order valence-electron chi connectivity index (χ1n) is 7.03. The smallest absolute Gasteiger partial charge is 0.237 e. The summed E-state index contributed by atoms with van der Waals surface area (Å²) in [5.74, 6) is 3.21. The predicted octanol–water partition coefficient (Wildman–Crippen LogP) is 4.05. The molecule has 1 aromatic heterocycles. The van der Waals surface area contributed by atoms with Crippen LogP contribution in [0, 0.1) is 0 Å². The SMILES string of the molecule is COc1ccccc1SCc1nc(-c2ccccc2OC)no1. The van der Waals surface area contributed by atoms with Gasteiger partial charge < -0.3 is 14.0 Å². The minimum atomic E-state index is 0.526. The van der Waals surface area contributed by atoms with E-state index in [0.29, 0.717) is 17.5 Å². The molecule has 3 aromatic rings. The van der Waals surface area contributed by atoms with Gasteiger partial charge in [-0.15, -0.1) is 11.8 Å². The Morgan fingerprint density at radius 1 is 0.957 bits per heavy atom. The summed E-state index contributed by atoms with van der Waals surface area (Å²) in [4.78, 5) is 5.47.